The van der Waals surface area contributed by atoms with Gasteiger partial charge in [0.05, 0.1) is 0 Å². The lowest BCUT2D eigenvalue weighted by molar-refractivity contribution is -0.124. The molecule has 2 aromatic carbocycles. The summed E-state index contributed by atoms with van der Waals surface area (Å²) in [4.78, 5) is 14.8. The molecule has 2 aromatic rings. The first-order valence-corrected chi connectivity index (χ1v) is 8.95. The van der Waals surface area contributed by atoms with Crippen molar-refractivity contribution in [1.82, 2.24) is 10.2 Å². The molecular formula is C20H24N2O2. The fourth-order valence-corrected chi connectivity index (χ4v) is 4.07. The van der Waals surface area contributed by atoms with E-state index in [1.807, 2.05) is 30.3 Å². The standard InChI is InChI=1S/C20H24N2O2/c23-20(21-18-10-12-22-11-4-3-7-19(18)22)14-24-17-9-8-15-5-1-2-6-16(15)13-17/h1-2,5-6,8-9,13,18-19H,3-4,7,10-12,14H2,(H,21,23)/t18-,19+/m0/s1. The molecule has 0 saturated carbocycles. The van der Waals surface area contributed by atoms with Crippen LogP contribution in [0.4, 0.5) is 0 Å². The molecule has 2 saturated heterocycles. The Kier molecular flexibility index (Phi) is 4.39. The van der Waals surface area contributed by atoms with Gasteiger partial charge in [0.15, 0.2) is 6.61 Å². The highest BCUT2D eigenvalue weighted by Crippen LogP contribution is 2.27. The molecule has 24 heavy (non-hydrogen) atoms. The Morgan fingerprint density at radius 1 is 1.08 bits per heavy atom. The number of amides is 1. The van der Waals surface area contributed by atoms with Crippen molar-refractivity contribution in [2.24, 2.45) is 0 Å². The minimum absolute atomic E-state index is 0.0133. The second kappa shape index (κ2) is 6.81. The van der Waals surface area contributed by atoms with Crippen molar-refractivity contribution < 1.29 is 9.53 Å². The van der Waals surface area contributed by atoms with Crippen LogP contribution in [0.1, 0.15) is 25.7 Å². The molecule has 2 fully saturated rings. The molecule has 0 unspecified atom stereocenters. The lowest BCUT2D eigenvalue weighted by Gasteiger charge is -2.32. The van der Waals surface area contributed by atoms with E-state index in [0.717, 1.165) is 24.1 Å². The molecule has 126 valence electrons. The smallest absolute Gasteiger partial charge is 0.258 e. The summed E-state index contributed by atoms with van der Waals surface area (Å²) in [5.41, 5.74) is 0. The van der Waals surface area contributed by atoms with Crippen molar-refractivity contribution in [1.29, 1.82) is 0 Å². The van der Waals surface area contributed by atoms with E-state index >= 15 is 0 Å². The van der Waals surface area contributed by atoms with Crippen molar-refractivity contribution in [2.45, 2.75) is 37.8 Å². The maximum atomic E-state index is 12.3. The van der Waals surface area contributed by atoms with Crippen LogP contribution in [0.2, 0.25) is 0 Å². The summed E-state index contributed by atoms with van der Waals surface area (Å²) in [5.74, 6) is 0.732. The average Bonchev–Trinajstić information content (AvgIpc) is 3.03. The van der Waals surface area contributed by atoms with Gasteiger partial charge in [0.1, 0.15) is 5.75 Å². The molecule has 2 aliphatic rings. The fraction of sp³-hybridized carbons (Fsp3) is 0.450. The molecule has 0 bridgehead atoms. The zero-order valence-electron chi connectivity index (χ0n) is 13.9. The molecule has 0 aliphatic carbocycles. The molecule has 4 rings (SSSR count). The lowest BCUT2D eigenvalue weighted by Crippen LogP contribution is -2.47. The number of hydrogen-bond acceptors (Lipinski definition) is 3. The third kappa shape index (κ3) is 3.24. The zero-order chi connectivity index (χ0) is 16.4. The summed E-state index contributed by atoms with van der Waals surface area (Å²) in [6.07, 6.45) is 4.84. The molecule has 1 N–H and O–H groups in total. The van der Waals surface area contributed by atoms with Crippen LogP contribution in [0.25, 0.3) is 10.8 Å². The number of hydrogen-bond donors (Lipinski definition) is 1. The van der Waals surface area contributed by atoms with Crippen molar-refractivity contribution in [3.8, 4) is 5.75 Å². The summed E-state index contributed by atoms with van der Waals surface area (Å²) in [6.45, 7) is 2.38. The van der Waals surface area contributed by atoms with Gasteiger partial charge >= 0.3 is 0 Å². The Morgan fingerprint density at radius 2 is 1.96 bits per heavy atom. The number of piperidine rings is 1. The Bertz CT molecular complexity index is 730. The minimum atomic E-state index is -0.0133. The van der Waals surface area contributed by atoms with Crippen molar-refractivity contribution in [3.05, 3.63) is 42.5 Å². The van der Waals surface area contributed by atoms with Gasteiger partial charge in [0.25, 0.3) is 5.91 Å². The van der Waals surface area contributed by atoms with E-state index in [9.17, 15) is 4.79 Å². The van der Waals surface area contributed by atoms with Crippen LogP contribution in [-0.4, -0.2) is 42.6 Å². The molecule has 2 aliphatic heterocycles. The summed E-state index contributed by atoms with van der Waals surface area (Å²) in [5, 5.41) is 5.49. The first-order valence-electron chi connectivity index (χ1n) is 8.95. The Balaban J connectivity index is 1.32. The van der Waals surface area contributed by atoms with Gasteiger partial charge in [-0.1, -0.05) is 36.8 Å². The Labute approximate surface area is 142 Å². The summed E-state index contributed by atoms with van der Waals surface area (Å²) in [7, 11) is 0. The Morgan fingerprint density at radius 3 is 2.88 bits per heavy atom. The predicted molar refractivity (Wildman–Crippen MR) is 95.2 cm³/mol. The van der Waals surface area contributed by atoms with Crippen LogP contribution in [0.3, 0.4) is 0 Å². The Hall–Kier alpha value is -2.07. The number of benzene rings is 2. The largest absolute Gasteiger partial charge is 0.484 e. The van der Waals surface area contributed by atoms with Crippen LogP contribution < -0.4 is 10.1 Å². The maximum absolute atomic E-state index is 12.3. The summed E-state index contributed by atoms with van der Waals surface area (Å²) >= 11 is 0. The number of rotatable bonds is 4. The van der Waals surface area contributed by atoms with Crippen LogP contribution in [0.5, 0.6) is 5.75 Å². The van der Waals surface area contributed by atoms with Gasteiger partial charge in [-0.15, -0.1) is 0 Å². The number of ether oxygens (including phenoxy) is 1. The molecule has 2 heterocycles. The summed E-state index contributed by atoms with van der Waals surface area (Å²) < 4.78 is 5.70. The minimum Gasteiger partial charge on any atom is -0.484 e. The second-order valence-corrected chi connectivity index (χ2v) is 6.86. The molecule has 1 amide bonds. The van der Waals surface area contributed by atoms with E-state index in [-0.39, 0.29) is 18.6 Å². The van der Waals surface area contributed by atoms with Crippen molar-refractivity contribution in [2.75, 3.05) is 19.7 Å². The van der Waals surface area contributed by atoms with Gasteiger partial charge in [-0.25, -0.2) is 0 Å². The molecular weight excluding hydrogens is 300 g/mol. The van der Waals surface area contributed by atoms with E-state index in [2.05, 4.69) is 22.3 Å². The van der Waals surface area contributed by atoms with E-state index < -0.39 is 0 Å². The van der Waals surface area contributed by atoms with E-state index in [1.165, 1.54) is 31.2 Å². The lowest BCUT2D eigenvalue weighted by atomic mass is 9.99. The van der Waals surface area contributed by atoms with Gasteiger partial charge in [-0.3, -0.25) is 9.69 Å². The monoisotopic (exact) mass is 324 g/mol. The predicted octanol–water partition coefficient (Wildman–Crippen LogP) is 2.96. The number of fused-ring (bicyclic) bond motifs is 2. The van der Waals surface area contributed by atoms with Crippen LogP contribution in [0.15, 0.2) is 42.5 Å². The highest BCUT2D eigenvalue weighted by atomic mass is 16.5. The van der Waals surface area contributed by atoms with Gasteiger partial charge in [0, 0.05) is 18.6 Å². The summed E-state index contributed by atoms with van der Waals surface area (Å²) in [6, 6.07) is 14.9. The van der Waals surface area contributed by atoms with Crippen molar-refractivity contribution >= 4 is 16.7 Å². The third-order valence-corrected chi connectivity index (χ3v) is 5.29. The number of nitrogens with one attached hydrogen (secondary N) is 1. The molecule has 0 spiro atoms. The van der Waals surface area contributed by atoms with Gasteiger partial charge in [-0.05, 0) is 48.7 Å². The van der Waals surface area contributed by atoms with Crippen molar-refractivity contribution in [3.63, 3.8) is 0 Å². The normalized spacial score (nSPS) is 23.8. The fourth-order valence-electron chi connectivity index (χ4n) is 4.07. The highest BCUT2D eigenvalue weighted by Gasteiger charge is 2.36. The van der Waals surface area contributed by atoms with E-state index in [0.29, 0.717) is 6.04 Å². The van der Waals surface area contributed by atoms with Crippen LogP contribution in [0, 0.1) is 0 Å². The number of carbonyl (C=O) groups excluding carboxylic acids is 1. The second-order valence-electron chi connectivity index (χ2n) is 6.86. The number of nitrogens with zero attached hydrogens (tertiary/aromatic N) is 1. The zero-order valence-corrected chi connectivity index (χ0v) is 13.9. The van der Waals surface area contributed by atoms with E-state index in [4.69, 9.17) is 4.74 Å². The van der Waals surface area contributed by atoms with Gasteiger partial charge in [0.2, 0.25) is 0 Å². The third-order valence-electron chi connectivity index (χ3n) is 5.29. The van der Waals surface area contributed by atoms with Crippen LogP contribution in [-0.2, 0) is 4.79 Å². The topological polar surface area (TPSA) is 41.6 Å². The quantitative estimate of drug-likeness (QED) is 0.940. The molecule has 0 aromatic heterocycles. The number of carbonyl (C=O) groups is 1. The SMILES string of the molecule is O=C(COc1ccc2ccccc2c1)N[C@H]1CCN2CCCC[C@H]12. The first kappa shape index (κ1) is 15.5. The van der Waals surface area contributed by atoms with E-state index in [1.54, 1.807) is 0 Å². The molecule has 0 radical (unpaired) electrons. The molecule has 4 nitrogen and oxygen atoms in total. The van der Waals surface area contributed by atoms with Crippen LogP contribution >= 0.6 is 0 Å². The average molecular weight is 324 g/mol. The highest BCUT2D eigenvalue weighted by molar-refractivity contribution is 5.84. The molecule has 2 atom stereocenters. The maximum Gasteiger partial charge on any atom is 0.258 e. The van der Waals surface area contributed by atoms with Gasteiger partial charge in [-0.2, -0.15) is 0 Å². The first-order chi connectivity index (χ1) is 11.8. The van der Waals surface area contributed by atoms with Gasteiger partial charge < -0.3 is 10.1 Å². The molecule has 4 heteroatoms.